The van der Waals surface area contributed by atoms with Crippen molar-refractivity contribution < 1.29 is 23.9 Å². The van der Waals surface area contributed by atoms with Crippen LogP contribution in [0.25, 0.3) is 11.3 Å². The Morgan fingerprint density at radius 2 is 2.03 bits per heavy atom. The molecular weight excluding hydrogens is 502 g/mol. The molecule has 6 rings (SSSR count). The maximum absolute atomic E-state index is 12.7. The molecule has 0 saturated carbocycles. The third-order valence-corrected chi connectivity index (χ3v) is 6.79. The Labute approximate surface area is 226 Å². The molecule has 11 heteroatoms. The third kappa shape index (κ3) is 6.68. The number of amides is 1. The predicted molar refractivity (Wildman–Crippen MR) is 144 cm³/mol. The molecule has 11 nitrogen and oxygen atoms in total. The Balaban J connectivity index is 1.47. The average Bonchev–Trinajstić information content (AvgIpc) is 3.46. The van der Waals surface area contributed by atoms with Gasteiger partial charge in [0.1, 0.15) is 5.75 Å². The van der Waals surface area contributed by atoms with E-state index in [2.05, 4.69) is 20.6 Å². The summed E-state index contributed by atoms with van der Waals surface area (Å²) in [5, 5.41) is 17.9. The van der Waals surface area contributed by atoms with Gasteiger partial charge in [-0.05, 0) is 55.2 Å². The van der Waals surface area contributed by atoms with Gasteiger partial charge in [0.25, 0.3) is 11.6 Å². The lowest BCUT2D eigenvalue weighted by Crippen LogP contribution is -2.26. The molecule has 39 heavy (non-hydrogen) atoms. The summed E-state index contributed by atoms with van der Waals surface area (Å²) in [7, 11) is 0. The Hall–Kier alpha value is -4.09. The van der Waals surface area contributed by atoms with Crippen molar-refractivity contribution >= 4 is 23.2 Å². The summed E-state index contributed by atoms with van der Waals surface area (Å²) in [5.41, 5.74) is 2.27. The predicted octanol–water partition coefficient (Wildman–Crippen LogP) is 4.50. The summed E-state index contributed by atoms with van der Waals surface area (Å²) in [4.78, 5) is 32.9. The molecule has 2 unspecified atom stereocenters. The third-order valence-electron chi connectivity index (χ3n) is 6.79. The molecule has 3 aromatic rings. The topological polar surface area (TPSA) is 138 Å². The van der Waals surface area contributed by atoms with E-state index in [4.69, 9.17) is 14.2 Å². The summed E-state index contributed by atoms with van der Waals surface area (Å²) in [6.45, 7) is 5.34. The maximum Gasteiger partial charge on any atom is 0.279 e. The van der Waals surface area contributed by atoms with Crippen LogP contribution in [-0.4, -0.2) is 53.8 Å². The van der Waals surface area contributed by atoms with Crippen molar-refractivity contribution in [3.63, 3.8) is 0 Å². The largest absolute Gasteiger partial charge is 0.493 e. The van der Waals surface area contributed by atoms with Gasteiger partial charge in [-0.3, -0.25) is 14.9 Å². The molecule has 3 aliphatic rings. The first-order valence-electron chi connectivity index (χ1n) is 13.0. The van der Waals surface area contributed by atoms with E-state index in [0.717, 1.165) is 30.0 Å². The van der Waals surface area contributed by atoms with E-state index in [1.54, 1.807) is 18.2 Å². The van der Waals surface area contributed by atoms with Crippen LogP contribution in [0.5, 0.6) is 5.75 Å². The number of nitro benzene ring substituents is 1. The highest BCUT2D eigenvalue weighted by atomic mass is 16.6. The number of aromatic nitrogens is 2. The number of fused-ring (bicyclic) bond motifs is 9. The molecule has 1 aromatic heterocycles. The monoisotopic (exact) mass is 533 g/mol. The lowest BCUT2D eigenvalue weighted by molar-refractivity contribution is -0.384. The number of nitro groups is 1. The summed E-state index contributed by atoms with van der Waals surface area (Å²) in [6.07, 6.45) is 3.21. The molecule has 4 heterocycles. The first-order valence-corrected chi connectivity index (χ1v) is 13.0. The van der Waals surface area contributed by atoms with Crippen LogP contribution < -0.4 is 15.4 Å². The van der Waals surface area contributed by atoms with Crippen molar-refractivity contribution in [2.24, 2.45) is 11.8 Å². The first kappa shape index (κ1) is 26.5. The van der Waals surface area contributed by atoms with E-state index in [9.17, 15) is 14.9 Å². The van der Waals surface area contributed by atoms with Crippen LogP contribution in [0.15, 0.2) is 48.7 Å². The number of ether oxygens (including phenoxy) is 3. The first-order chi connectivity index (χ1) is 19.0. The molecule has 1 amide bonds. The van der Waals surface area contributed by atoms with Crippen molar-refractivity contribution in [3.05, 3.63) is 69.9 Å². The van der Waals surface area contributed by atoms with Gasteiger partial charge in [0.15, 0.2) is 0 Å². The fourth-order valence-corrected chi connectivity index (χ4v) is 4.56. The molecule has 2 aromatic carbocycles. The van der Waals surface area contributed by atoms with Gasteiger partial charge >= 0.3 is 0 Å². The standard InChI is InChI=1S/C28H31N5O6/c1-18-6-9-29-27(34)20-2-4-23(25(13-20)33(35)36)24-7-10-30-28(32-24)31-22-3-5-26(21(12-22)17-38-14-18)39-16-19-8-11-37-15-19/h2-5,7,10,12-13,18-19H,6,8-9,11,14-17H2,1H3,(H,29,34)(H,30,31,32). The van der Waals surface area contributed by atoms with Gasteiger partial charge in [-0.25, -0.2) is 9.97 Å². The summed E-state index contributed by atoms with van der Waals surface area (Å²) < 4.78 is 17.7. The van der Waals surface area contributed by atoms with Crippen molar-refractivity contribution in [3.8, 4) is 17.0 Å². The van der Waals surface area contributed by atoms with Crippen LogP contribution in [-0.2, 0) is 16.1 Å². The number of carbonyl (C=O) groups is 1. The fraction of sp³-hybridized carbons (Fsp3) is 0.393. The molecule has 0 aliphatic carbocycles. The molecule has 1 fully saturated rings. The lowest BCUT2D eigenvalue weighted by Gasteiger charge is -2.17. The lowest BCUT2D eigenvalue weighted by atomic mass is 10.1. The Kier molecular flexibility index (Phi) is 8.28. The van der Waals surface area contributed by atoms with Crippen molar-refractivity contribution in [2.75, 3.05) is 38.3 Å². The fourth-order valence-electron chi connectivity index (χ4n) is 4.56. The van der Waals surface area contributed by atoms with E-state index < -0.39 is 4.92 Å². The summed E-state index contributed by atoms with van der Waals surface area (Å²) in [6, 6.07) is 11.7. The number of rotatable bonds is 4. The summed E-state index contributed by atoms with van der Waals surface area (Å²) in [5.74, 6) is 1.19. The zero-order valence-electron chi connectivity index (χ0n) is 21.7. The van der Waals surface area contributed by atoms with Gasteiger partial charge in [0, 0.05) is 54.8 Å². The highest BCUT2D eigenvalue weighted by Crippen LogP contribution is 2.31. The second-order valence-electron chi connectivity index (χ2n) is 9.91. The zero-order chi connectivity index (χ0) is 27.2. The van der Waals surface area contributed by atoms with E-state index in [1.807, 2.05) is 25.1 Å². The molecule has 3 aliphatic heterocycles. The van der Waals surface area contributed by atoms with E-state index in [0.29, 0.717) is 56.6 Å². The number of benzene rings is 2. The molecule has 204 valence electrons. The molecule has 2 atom stereocenters. The molecule has 0 spiro atoms. The van der Waals surface area contributed by atoms with Gasteiger partial charge in [0.2, 0.25) is 5.95 Å². The van der Waals surface area contributed by atoms with Crippen molar-refractivity contribution in [1.29, 1.82) is 0 Å². The van der Waals surface area contributed by atoms with Crippen molar-refractivity contribution in [2.45, 2.75) is 26.4 Å². The number of hydrogen-bond acceptors (Lipinski definition) is 9. The average molecular weight is 534 g/mol. The number of nitrogens with one attached hydrogen (secondary N) is 2. The second kappa shape index (κ2) is 12.2. The van der Waals surface area contributed by atoms with E-state index in [1.165, 1.54) is 12.3 Å². The van der Waals surface area contributed by atoms with Crippen LogP contribution in [0, 0.1) is 22.0 Å². The minimum atomic E-state index is -0.508. The molecule has 6 bridgehead atoms. The quantitative estimate of drug-likeness (QED) is 0.367. The molecule has 0 radical (unpaired) electrons. The van der Waals surface area contributed by atoms with Crippen LogP contribution in [0.4, 0.5) is 17.3 Å². The Bertz CT molecular complexity index is 1340. The number of carbonyl (C=O) groups excluding carboxylic acids is 1. The number of hydrogen-bond donors (Lipinski definition) is 2. The number of nitrogens with zero attached hydrogens (tertiary/aromatic N) is 3. The minimum Gasteiger partial charge on any atom is -0.493 e. The number of anilines is 2. The van der Waals surface area contributed by atoms with Crippen LogP contribution in [0.3, 0.4) is 0 Å². The maximum atomic E-state index is 12.7. The Morgan fingerprint density at radius 3 is 2.85 bits per heavy atom. The smallest absolute Gasteiger partial charge is 0.279 e. The SMILES string of the molecule is CC1CCNC(=O)c2ccc(c([N+](=O)[O-])c2)-c2ccnc(n2)Nc2ccc(OCC3CCOC3)c(c2)COC1. The second-order valence-corrected chi connectivity index (χ2v) is 9.91. The van der Waals surface area contributed by atoms with Gasteiger partial charge in [0.05, 0.1) is 36.0 Å². The van der Waals surface area contributed by atoms with Gasteiger partial charge < -0.3 is 24.8 Å². The minimum absolute atomic E-state index is 0.181. The highest BCUT2D eigenvalue weighted by Gasteiger charge is 2.21. The summed E-state index contributed by atoms with van der Waals surface area (Å²) >= 11 is 0. The van der Waals surface area contributed by atoms with Gasteiger partial charge in [-0.15, -0.1) is 0 Å². The zero-order valence-corrected chi connectivity index (χ0v) is 21.7. The van der Waals surface area contributed by atoms with Crippen LogP contribution >= 0.6 is 0 Å². The Morgan fingerprint density at radius 1 is 1.13 bits per heavy atom. The van der Waals surface area contributed by atoms with Crippen LogP contribution in [0.1, 0.15) is 35.7 Å². The van der Waals surface area contributed by atoms with Crippen molar-refractivity contribution in [1.82, 2.24) is 15.3 Å². The molecular formula is C28H31N5O6. The van der Waals surface area contributed by atoms with Gasteiger partial charge in [-0.2, -0.15) is 0 Å². The van der Waals surface area contributed by atoms with Crippen LogP contribution in [0.2, 0.25) is 0 Å². The van der Waals surface area contributed by atoms with Gasteiger partial charge in [-0.1, -0.05) is 6.92 Å². The molecule has 1 saturated heterocycles. The normalized spacial score (nSPS) is 19.8. The molecule has 2 N–H and O–H groups in total. The highest BCUT2D eigenvalue weighted by molar-refractivity contribution is 5.96. The van der Waals surface area contributed by atoms with E-state index in [-0.39, 0.29) is 29.0 Å². The van der Waals surface area contributed by atoms with E-state index >= 15 is 0 Å².